The van der Waals surface area contributed by atoms with E-state index in [4.69, 9.17) is 4.74 Å². The summed E-state index contributed by atoms with van der Waals surface area (Å²) < 4.78 is 35.0. The van der Waals surface area contributed by atoms with Crippen LogP contribution in [0.3, 0.4) is 0 Å². The second-order valence-electron chi connectivity index (χ2n) is 12.0. The highest BCUT2D eigenvalue weighted by Crippen LogP contribution is 2.27. The van der Waals surface area contributed by atoms with Crippen molar-refractivity contribution >= 4 is 27.5 Å². The molecule has 0 fully saturated rings. The number of ether oxygens (including phenoxy) is 1. The van der Waals surface area contributed by atoms with Crippen molar-refractivity contribution in [1.29, 1.82) is 0 Å². The van der Waals surface area contributed by atoms with Gasteiger partial charge in [-0.25, -0.2) is 8.42 Å². The third-order valence-electron chi connectivity index (χ3n) is 8.22. The van der Waals surface area contributed by atoms with E-state index in [9.17, 15) is 18.0 Å². The fourth-order valence-corrected chi connectivity index (χ4v) is 6.67. The molecular formula is C38H45N3O5S. The van der Waals surface area contributed by atoms with Crippen molar-refractivity contribution in [2.45, 2.75) is 70.0 Å². The molecule has 0 bridgehead atoms. The summed E-state index contributed by atoms with van der Waals surface area (Å²) in [5, 5.41) is 3.06. The van der Waals surface area contributed by atoms with Crippen LogP contribution in [0.4, 0.5) is 5.69 Å². The van der Waals surface area contributed by atoms with Gasteiger partial charge in [-0.05, 0) is 72.4 Å². The molecule has 2 atom stereocenters. The largest absolute Gasteiger partial charge is 0.497 e. The van der Waals surface area contributed by atoms with Crippen molar-refractivity contribution in [3.8, 4) is 5.75 Å². The van der Waals surface area contributed by atoms with Crippen LogP contribution < -0.4 is 14.4 Å². The van der Waals surface area contributed by atoms with E-state index in [0.717, 1.165) is 21.0 Å². The number of hydrogen-bond donors (Lipinski definition) is 1. The Morgan fingerprint density at radius 3 is 2.02 bits per heavy atom. The maximum absolute atomic E-state index is 14.6. The first kappa shape index (κ1) is 35.2. The SMILES string of the molecule is CC[C@@H](C)NC(=O)[C@@H](Cc1ccccc1)N(Cc1cccc(OC)c1)C(=O)CN(c1ccc(C(C)C)cc1)S(=O)(=O)c1ccccc1. The van der Waals surface area contributed by atoms with Crippen molar-refractivity contribution in [2.24, 2.45) is 0 Å². The summed E-state index contributed by atoms with van der Waals surface area (Å²) >= 11 is 0. The van der Waals surface area contributed by atoms with Gasteiger partial charge in [0.15, 0.2) is 0 Å². The second kappa shape index (κ2) is 16.3. The Kier molecular flexibility index (Phi) is 12.2. The maximum atomic E-state index is 14.6. The van der Waals surface area contributed by atoms with Crippen molar-refractivity contribution in [1.82, 2.24) is 10.2 Å². The van der Waals surface area contributed by atoms with Gasteiger partial charge in [-0.2, -0.15) is 0 Å². The topological polar surface area (TPSA) is 96.0 Å². The molecule has 0 aliphatic heterocycles. The van der Waals surface area contributed by atoms with Crippen LogP contribution in [0.25, 0.3) is 0 Å². The number of nitrogens with zero attached hydrogens (tertiary/aromatic N) is 2. The van der Waals surface area contributed by atoms with Gasteiger partial charge in [0, 0.05) is 19.0 Å². The molecule has 0 aliphatic carbocycles. The Morgan fingerprint density at radius 1 is 0.809 bits per heavy atom. The molecular weight excluding hydrogens is 611 g/mol. The van der Waals surface area contributed by atoms with Gasteiger partial charge in [0.05, 0.1) is 17.7 Å². The van der Waals surface area contributed by atoms with Crippen molar-refractivity contribution in [3.05, 3.63) is 126 Å². The predicted octanol–water partition coefficient (Wildman–Crippen LogP) is 6.57. The normalized spacial score (nSPS) is 12.6. The Labute approximate surface area is 279 Å². The van der Waals surface area contributed by atoms with Gasteiger partial charge in [0.1, 0.15) is 18.3 Å². The van der Waals surface area contributed by atoms with Crippen LogP contribution in [0.2, 0.25) is 0 Å². The molecule has 0 radical (unpaired) electrons. The van der Waals surface area contributed by atoms with Crippen molar-refractivity contribution in [2.75, 3.05) is 18.0 Å². The highest BCUT2D eigenvalue weighted by Gasteiger charge is 2.35. The van der Waals surface area contributed by atoms with Gasteiger partial charge < -0.3 is 15.0 Å². The molecule has 0 heterocycles. The van der Waals surface area contributed by atoms with Crippen LogP contribution in [0, 0.1) is 0 Å². The molecule has 0 aliphatic rings. The van der Waals surface area contributed by atoms with Crippen molar-refractivity contribution in [3.63, 3.8) is 0 Å². The average Bonchev–Trinajstić information content (AvgIpc) is 3.09. The number of carbonyl (C=O) groups excluding carboxylic acids is 2. The lowest BCUT2D eigenvalue weighted by Crippen LogP contribution is -2.54. The van der Waals surface area contributed by atoms with Crippen LogP contribution in [-0.4, -0.2) is 50.9 Å². The van der Waals surface area contributed by atoms with E-state index in [-0.39, 0.29) is 35.7 Å². The number of rotatable bonds is 15. The number of amides is 2. The zero-order valence-electron chi connectivity index (χ0n) is 27.8. The van der Waals surface area contributed by atoms with Crippen LogP contribution >= 0.6 is 0 Å². The number of anilines is 1. The Balaban J connectivity index is 1.82. The molecule has 0 spiro atoms. The van der Waals surface area contributed by atoms with E-state index in [2.05, 4.69) is 19.2 Å². The Hall–Kier alpha value is -4.63. The first-order chi connectivity index (χ1) is 22.5. The number of methoxy groups -OCH3 is 1. The van der Waals surface area contributed by atoms with Crippen LogP contribution in [0.1, 0.15) is 56.7 Å². The number of carbonyl (C=O) groups is 2. The molecule has 4 aromatic carbocycles. The molecule has 248 valence electrons. The second-order valence-corrected chi connectivity index (χ2v) is 13.8. The van der Waals surface area contributed by atoms with Gasteiger partial charge in [-0.1, -0.05) is 93.6 Å². The predicted molar refractivity (Wildman–Crippen MR) is 187 cm³/mol. The molecule has 47 heavy (non-hydrogen) atoms. The van der Waals surface area contributed by atoms with E-state index >= 15 is 0 Å². The van der Waals surface area contributed by atoms with Crippen LogP contribution in [0.15, 0.2) is 114 Å². The molecule has 8 nitrogen and oxygen atoms in total. The summed E-state index contributed by atoms with van der Waals surface area (Å²) in [6, 6.07) is 31.1. The van der Waals surface area contributed by atoms with Gasteiger partial charge in [-0.3, -0.25) is 13.9 Å². The first-order valence-corrected chi connectivity index (χ1v) is 17.4. The molecule has 2 amide bonds. The summed E-state index contributed by atoms with van der Waals surface area (Å²) in [5.41, 5.74) is 3.02. The maximum Gasteiger partial charge on any atom is 0.264 e. The summed E-state index contributed by atoms with van der Waals surface area (Å²) in [6.07, 6.45) is 0.955. The quantitative estimate of drug-likeness (QED) is 0.156. The number of nitrogens with one attached hydrogen (secondary N) is 1. The fraction of sp³-hybridized carbons (Fsp3) is 0.316. The monoisotopic (exact) mass is 655 g/mol. The standard InChI is InChI=1S/C38H45N3O5S/c1-6-29(4)39-38(43)36(25-30-14-9-7-10-15-30)40(26-31-16-13-17-34(24-31)46-5)37(42)27-41(33-22-20-32(21-23-33)28(2)3)47(44,45)35-18-11-8-12-19-35/h7-24,28-29,36H,6,25-27H2,1-5H3,(H,39,43)/t29-,36-/m1/s1. The highest BCUT2D eigenvalue weighted by molar-refractivity contribution is 7.92. The summed E-state index contributed by atoms with van der Waals surface area (Å²) in [6.45, 7) is 7.57. The van der Waals surface area contributed by atoms with E-state index in [1.807, 2.05) is 80.6 Å². The zero-order chi connectivity index (χ0) is 34.0. The molecule has 0 aromatic heterocycles. The molecule has 1 N–H and O–H groups in total. The number of hydrogen-bond acceptors (Lipinski definition) is 5. The van der Waals surface area contributed by atoms with E-state index in [1.54, 1.807) is 37.4 Å². The summed E-state index contributed by atoms with van der Waals surface area (Å²) in [4.78, 5) is 30.2. The zero-order valence-corrected chi connectivity index (χ0v) is 28.6. The molecule has 4 rings (SSSR count). The lowest BCUT2D eigenvalue weighted by molar-refractivity contribution is -0.140. The van der Waals surface area contributed by atoms with E-state index in [0.29, 0.717) is 17.9 Å². The van der Waals surface area contributed by atoms with Crippen LogP contribution in [-0.2, 0) is 32.6 Å². The average molecular weight is 656 g/mol. The summed E-state index contributed by atoms with van der Waals surface area (Å²) in [5.74, 6) is 0.0294. The molecule has 0 saturated carbocycles. The smallest absolute Gasteiger partial charge is 0.264 e. The minimum atomic E-state index is -4.16. The minimum absolute atomic E-state index is 0.0625. The molecule has 0 saturated heterocycles. The third-order valence-corrected chi connectivity index (χ3v) is 10.0. The van der Waals surface area contributed by atoms with Gasteiger partial charge >= 0.3 is 0 Å². The fourth-order valence-electron chi connectivity index (χ4n) is 5.24. The minimum Gasteiger partial charge on any atom is -0.497 e. The van der Waals surface area contributed by atoms with E-state index < -0.39 is 28.5 Å². The molecule has 0 unspecified atom stereocenters. The Bertz CT molecular complexity index is 1710. The third kappa shape index (κ3) is 9.23. The van der Waals surface area contributed by atoms with Gasteiger partial charge in [0.2, 0.25) is 11.8 Å². The first-order valence-electron chi connectivity index (χ1n) is 16.0. The lowest BCUT2D eigenvalue weighted by Gasteiger charge is -2.34. The molecule has 9 heteroatoms. The molecule has 4 aromatic rings. The lowest BCUT2D eigenvalue weighted by atomic mass is 10.0. The van der Waals surface area contributed by atoms with Gasteiger partial charge in [0.25, 0.3) is 10.0 Å². The number of sulfonamides is 1. The summed E-state index contributed by atoms with van der Waals surface area (Å²) in [7, 11) is -2.60. The van der Waals surface area contributed by atoms with E-state index in [1.165, 1.54) is 17.0 Å². The number of benzene rings is 4. The van der Waals surface area contributed by atoms with Crippen molar-refractivity contribution < 1.29 is 22.7 Å². The van der Waals surface area contributed by atoms with Crippen LogP contribution in [0.5, 0.6) is 5.75 Å². The Morgan fingerprint density at radius 2 is 1.43 bits per heavy atom. The highest BCUT2D eigenvalue weighted by atomic mass is 32.2. The van der Waals surface area contributed by atoms with Gasteiger partial charge in [-0.15, -0.1) is 0 Å².